The van der Waals surface area contributed by atoms with E-state index in [1.54, 1.807) is 12.1 Å². The van der Waals surface area contributed by atoms with Crippen molar-refractivity contribution in [3.05, 3.63) is 65.7 Å². The number of carbonyl (C=O) groups excluding carboxylic acids is 1. The minimum atomic E-state index is -3.00. The number of alkyl halides is 2. The van der Waals surface area contributed by atoms with Gasteiger partial charge in [-0.3, -0.25) is 9.69 Å². The van der Waals surface area contributed by atoms with Crippen LogP contribution >= 0.6 is 0 Å². The number of para-hydroxylation sites is 1. The highest BCUT2D eigenvalue weighted by molar-refractivity contribution is 5.92. The number of piperazine rings is 1. The maximum Gasteiger partial charge on any atom is 0.387 e. The van der Waals surface area contributed by atoms with E-state index in [0.717, 1.165) is 31.7 Å². The van der Waals surface area contributed by atoms with Gasteiger partial charge < -0.3 is 19.7 Å². The Bertz CT molecular complexity index is 901. The van der Waals surface area contributed by atoms with Crippen LogP contribution in [0.3, 0.4) is 0 Å². The third-order valence-corrected chi connectivity index (χ3v) is 5.41. The van der Waals surface area contributed by atoms with Crippen molar-refractivity contribution >= 4 is 12.0 Å². The van der Waals surface area contributed by atoms with Crippen LogP contribution in [-0.4, -0.2) is 69.2 Å². The molecule has 1 fully saturated rings. The summed E-state index contributed by atoms with van der Waals surface area (Å²) in [5.41, 5.74) is 1.34. The zero-order valence-corrected chi connectivity index (χ0v) is 18.3. The van der Waals surface area contributed by atoms with Gasteiger partial charge in [0.15, 0.2) is 11.5 Å². The van der Waals surface area contributed by atoms with Gasteiger partial charge >= 0.3 is 6.61 Å². The van der Waals surface area contributed by atoms with E-state index >= 15 is 0 Å². The Hall–Kier alpha value is -2.97. The van der Waals surface area contributed by atoms with Crippen molar-refractivity contribution in [1.82, 2.24) is 15.1 Å². The van der Waals surface area contributed by atoms with Crippen LogP contribution < -0.4 is 14.8 Å². The number of hydrogen-bond donors (Lipinski definition) is 1. The smallest absolute Gasteiger partial charge is 0.387 e. The molecule has 1 heterocycles. The number of nitrogens with zero attached hydrogens (tertiary/aromatic N) is 2. The van der Waals surface area contributed by atoms with Crippen molar-refractivity contribution in [2.45, 2.75) is 12.7 Å². The molecule has 6 nitrogen and oxygen atoms in total. The fourth-order valence-electron chi connectivity index (χ4n) is 3.63. The summed E-state index contributed by atoms with van der Waals surface area (Å²) in [4.78, 5) is 17.3. The number of carbonyl (C=O) groups is 1. The summed E-state index contributed by atoms with van der Waals surface area (Å²) in [5.74, 6) is -0.255. The number of benzene rings is 2. The molecule has 8 heteroatoms. The molecule has 32 heavy (non-hydrogen) atoms. The Labute approximate surface area is 187 Å². The molecule has 0 spiro atoms. The lowest BCUT2D eigenvalue weighted by atomic mass is 10.1. The molecule has 3 rings (SSSR count). The third-order valence-electron chi connectivity index (χ3n) is 5.41. The predicted octanol–water partition coefficient (Wildman–Crippen LogP) is 3.41. The Kier molecular flexibility index (Phi) is 8.58. The molecule has 172 valence electrons. The molecule has 1 saturated heterocycles. The van der Waals surface area contributed by atoms with E-state index in [0.29, 0.717) is 12.1 Å². The highest BCUT2D eigenvalue weighted by atomic mass is 19.3. The highest BCUT2D eigenvalue weighted by Gasteiger charge is 2.21. The lowest BCUT2D eigenvalue weighted by Crippen LogP contribution is -2.47. The van der Waals surface area contributed by atoms with Gasteiger partial charge in [-0.2, -0.15) is 8.78 Å². The molecule has 0 saturated carbocycles. The summed E-state index contributed by atoms with van der Waals surface area (Å²) < 4.78 is 35.4. The molecule has 1 amide bonds. The maximum atomic E-state index is 12.8. The van der Waals surface area contributed by atoms with Crippen molar-refractivity contribution < 1.29 is 23.0 Å². The van der Waals surface area contributed by atoms with Crippen molar-refractivity contribution in [1.29, 1.82) is 0 Å². The van der Waals surface area contributed by atoms with Gasteiger partial charge in [0.25, 0.3) is 0 Å². The second-order valence-electron chi connectivity index (χ2n) is 7.67. The molecule has 2 aromatic carbocycles. The zero-order valence-electron chi connectivity index (χ0n) is 18.3. The van der Waals surface area contributed by atoms with Crippen LogP contribution in [-0.2, 0) is 4.79 Å². The minimum absolute atomic E-state index is 0.105. The highest BCUT2D eigenvalue weighted by Crippen LogP contribution is 2.33. The summed E-state index contributed by atoms with van der Waals surface area (Å²) >= 11 is 0. The standard InChI is InChI=1S/C24H29F2N3O3/c1-28-13-15-29(16-14-28)17-20(18-7-4-3-5-8-18)27-22(30)12-11-19-9-6-10-21(31-2)23(19)32-24(25)26/h3-12,20,24H,13-17H2,1-2H3,(H,27,30)/b12-11+. The second kappa shape index (κ2) is 11.6. The van der Waals surface area contributed by atoms with E-state index in [4.69, 9.17) is 4.74 Å². The molecule has 0 bridgehead atoms. The molecule has 2 aromatic rings. The van der Waals surface area contributed by atoms with Crippen LogP contribution in [0.4, 0.5) is 8.78 Å². The van der Waals surface area contributed by atoms with Crippen molar-refractivity contribution in [3.8, 4) is 11.5 Å². The van der Waals surface area contributed by atoms with Gasteiger partial charge in [0.2, 0.25) is 5.91 Å². The average Bonchev–Trinajstić information content (AvgIpc) is 2.79. The van der Waals surface area contributed by atoms with Crippen molar-refractivity contribution in [2.75, 3.05) is 46.9 Å². The van der Waals surface area contributed by atoms with E-state index in [9.17, 15) is 13.6 Å². The lowest BCUT2D eigenvalue weighted by Gasteiger charge is -2.34. The molecule has 1 atom stereocenters. The van der Waals surface area contributed by atoms with E-state index in [2.05, 4.69) is 26.9 Å². The SMILES string of the molecule is COc1cccc(/C=C/C(=O)NC(CN2CCN(C)CC2)c2ccccc2)c1OC(F)F. The molecule has 1 aliphatic rings. The Morgan fingerprint density at radius 2 is 1.81 bits per heavy atom. The van der Waals surface area contributed by atoms with Crippen LogP contribution in [0.1, 0.15) is 17.2 Å². The minimum Gasteiger partial charge on any atom is -0.493 e. The zero-order chi connectivity index (χ0) is 22.9. The van der Waals surface area contributed by atoms with Gasteiger partial charge in [0, 0.05) is 44.4 Å². The Balaban J connectivity index is 1.73. The third kappa shape index (κ3) is 6.77. The van der Waals surface area contributed by atoms with E-state index in [1.807, 2.05) is 30.3 Å². The summed E-state index contributed by atoms with van der Waals surface area (Å²) in [7, 11) is 3.47. The molecule has 0 aliphatic carbocycles. The number of nitrogens with one attached hydrogen (secondary N) is 1. The summed E-state index contributed by atoms with van der Waals surface area (Å²) in [6, 6.07) is 14.4. The molecular formula is C24H29F2N3O3. The van der Waals surface area contributed by atoms with Gasteiger partial charge in [0.1, 0.15) is 0 Å². The normalized spacial score (nSPS) is 16.3. The average molecular weight is 446 g/mol. The van der Waals surface area contributed by atoms with Gasteiger partial charge in [-0.05, 0) is 24.8 Å². The fraction of sp³-hybridized carbons (Fsp3) is 0.375. The molecule has 0 radical (unpaired) electrons. The first kappa shape index (κ1) is 23.7. The quantitative estimate of drug-likeness (QED) is 0.600. The van der Waals surface area contributed by atoms with Crippen LogP contribution in [0.5, 0.6) is 11.5 Å². The second-order valence-corrected chi connectivity index (χ2v) is 7.67. The van der Waals surface area contributed by atoms with Crippen LogP contribution in [0.2, 0.25) is 0 Å². The van der Waals surface area contributed by atoms with Crippen molar-refractivity contribution in [2.24, 2.45) is 0 Å². The number of hydrogen-bond acceptors (Lipinski definition) is 5. The maximum absolute atomic E-state index is 12.8. The fourth-order valence-corrected chi connectivity index (χ4v) is 3.63. The van der Waals surface area contributed by atoms with Gasteiger partial charge in [-0.25, -0.2) is 0 Å². The number of amides is 1. The topological polar surface area (TPSA) is 54.0 Å². The van der Waals surface area contributed by atoms with E-state index in [1.165, 1.54) is 25.3 Å². The summed E-state index contributed by atoms with van der Waals surface area (Å²) in [6.07, 6.45) is 2.78. The van der Waals surface area contributed by atoms with Crippen LogP contribution in [0, 0.1) is 0 Å². The summed E-state index contributed by atoms with van der Waals surface area (Å²) in [6.45, 7) is 1.53. The van der Waals surface area contributed by atoms with Gasteiger partial charge in [-0.15, -0.1) is 0 Å². The number of rotatable bonds is 9. The number of likely N-dealkylation sites (N-methyl/N-ethyl adjacent to an activating group) is 1. The molecule has 1 N–H and O–H groups in total. The van der Waals surface area contributed by atoms with Gasteiger partial charge in [0.05, 0.1) is 13.2 Å². The summed E-state index contributed by atoms with van der Waals surface area (Å²) in [5, 5.41) is 3.05. The first-order chi connectivity index (χ1) is 15.5. The van der Waals surface area contributed by atoms with Crippen LogP contribution in [0.15, 0.2) is 54.6 Å². The van der Waals surface area contributed by atoms with Crippen molar-refractivity contribution in [3.63, 3.8) is 0 Å². The first-order valence-electron chi connectivity index (χ1n) is 10.5. The largest absolute Gasteiger partial charge is 0.493 e. The Morgan fingerprint density at radius 3 is 2.47 bits per heavy atom. The monoisotopic (exact) mass is 445 g/mol. The molecular weight excluding hydrogens is 416 g/mol. The van der Waals surface area contributed by atoms with E-state index < -0.39 is 6.61 Å². The first-order valence-corrected chi connectivity index (χ1v) is 10.5. The number of halogens is 2. The molecule has 1 unspecified atom stereocenters. The number of ether oxygens (including phenoxy) is 2. The lowest BCUT2D eigenvalue weighted by molar-refractivity contribution is -0.117. The number of methoxy groups -OCH3 is 1. The van der Waals surface area contributed by atoms with E-state index in [-0.39, 0.29) is 23.4 Å². The molecule has 1 aliphatic heterocycles. The Morgan fingerprint density at radius 1 is 1.09 bits per heavy atom. The van der Waals surface area contributed by atoms with Gasteiger partial charge in [-0.1, -0.05) is 42.5 Å². The molecule has 0 aromatic heterocycles. The van der Waals surface area contributed by atoms with Crippen LogP contribution in [0.25, 0.3) is 6.08 Å². The predicted molar refractivity (Wildman–Crippen MR) is 120 cm³/mol.